The molecule has 24 heavy (non-hydrogen) atoms. The van der Waals surface area contributed by atoms with Crippen molar-refractivity contribution in [1.82, 2.24) is 4.98 Å². The zero-order chi connectivity index (χ0) is 17.4. The molecule has 0 aliphatic carbocycles. The molecule has 2 aromatic rings. The van der Waals surface area contributed by atoms with E-state index in [9.17, 15) is 10.1 Å². The van der Waals surface area contributed by atoms with Gasteiger partial charge < -0.3 is 5.73 Å². The van der Waals surface area contributed by atoms with E-state index in [2.05, 4.69) is 4.98 Å². The Hall–Kier alpha value is -0.890. The normalized spacial score (nSPS) is 12.5. The molecule has 0 aliphatic heterocycles. The fourth-order valence-corrected chi connectivity index (χ4v) is 4.07. The molecule has 0 saturated carbocycles. The topological polar surface area (TPSA) is 82.0 Å². The average Bonchev–Trinajstić information content (AvgIpc) is 2.78. The van der Waals surface area contributed by atoms with Crippen LogP contribution in [0.3, 0.4) is 0 Å². The summed E-state index contributed by atoms with van der Waals surface area (Å²) in [5.74, 6) is -0.515. The van der Waals surface area contributed by atoms with E-state index in [4.69, 9.17) is 28.9 Å². The number of thiazole rings is 1. The molecule has 0 aliphatic rings. The molecule has 0 fully saturated rings. The lowest BCUT2D eigenvalue weighted by Gasteiger charge is -2.21. The fraction of sp³-hybridized carbons (Fsp3) is 0.400. The molecule has 1 aromatic carbocycles. The summed E-state index contributed by atoms with van der Waals surface area (Å²) in [6.07, 6.45) is 0. The first-order chi connectivity index (χ1) is 10.6. The Morgan fingerprint density at radius 1 is 1.38 bits per heavy atom. The van der Waals surface area contributed by atoms with Gasteiger partial charge in [-0.15, -0.1) is 28.3 Å². The van der Waals surface area contributed by atoms with Crippen LogP contribution in [0.1, 0.15) is 42.8 Å². The summed E-state index contributed by atoms with van der Waals surface area (Å²) in [5.41, 5.74) is 7.00. The Morgan fingerprint density at radius 2 is 2.00 bits per heavy atom. The summed E-state index contributed by atoms with van der Waals surface area (Å²) >= 11 is 13.5. The van der Waals surface area contributed by atoms with Gasteiger partial charge in [-0.3, -0.25) is 10.1 Å². The minimum atomic E-state index is -0.515. The van der Waals surface area contributed by atoms with Gasteiger partial charge in [0.2, 0.25) is 6.54 Å². The highest BCUT2D eigenvalue weighted by molar-refractivity contribution is 8.93. The molecule has 5 nitrogen and oxygen atoms in total. The second-order valence-electron chi connectivity index (χ2n) is 6.25. The van der Waals surface area contributed by atoms with Crippen molar-refractivity contribution in [1.29, 1.82) is 0 Å². The molecule has 0 saturated heterocycles. The van der Waals surface area contributed by atoms with E-state index < -0.39 is 5.92 Å². The maximum absolute atomic E-state index is 11.2. The van der Waals surface area contributed by atoms with E-state index in [-0.39, 0.29) is 33.9 Å². The van der Waals surface area contributed by atoms with Crippen molar-refractivity contribution in [3.05, 3.63) is 54.5 Å². The summed E-state index contributed by atoms with van der Waals surface area (Å²) in [7, 11) is 0. The highest BCUT2D eigenvalue weighted by Gasteiger charge is 2.32. The second-order valence-corrected chi connectivity index (χ2v) is 8.15. The molecule has 0 radical (unpaired) electrons. The van der Waals surface area contributed by atoms with Crippen molar-refractivity contribution < 1.29 is 4.92 Å². The number of rotatable bonds is 4. The van der Waals surface area contributed by atoms with E-state index in [0.717, 1.165) is 10.6 Å². The quantitative estimate of drug-likeness (QED) is 0.500. The van der Waals surface area contributed by atoms with Crippen LogP contribution in [0.5, 0.6) is 0 Å². The van der Waals surface area contributed by atoms with Gasteiger partial charge in [0.1, 0.15) is 0 Å². The van der Waals surface area contributed by atoms with Gasteiger partial charge in [0.15, 0.2) is 5.13 Å². The highest BCUT2D eigenvalue weighted by atomic mass is 79.9. The van der Waals surface area contributed by atoms with Crippen LogP contribution in [0.25, 0.3) is 0 Å². The average molecular weight is 455 g/mol. The van der Waals surface area contributed by atoms with E-state index in [1.54, 1.807) is 18.2 Å². The van der Waals surface area contributed by atoms with Crippen LogP contribution in [0.2, 0.25) is 10.0 Å². The molecule has 2 rings (SSSR count). The minimum absolute atomic E-state index is 0. The Labute approximate surface area is 165 Å². The largest absolute Gasteiger partial charge is 0.375 e. The number of nitrogen functional groups attached to an aromatic ring is 1. The molecule has 1 heterocycles. The predicted octanol–water partition coefficient (Wildman–Crippen LogP) is 5.32. The first-order valence-electron chi connectivity index (χ1n) is 6.93. The molecule has 1 aromatic heterocycles. The van der Waals surface area contributed by atoms with Crippen molar-refractivity contribution in [2.75, 3.05) is 12.3 Å². The number of anilines is 1. The number of hydrogen-bond donors (Lipinski definition) is 1. The zero-order valence-electron chi connectivity index (χ0n) is 13.4. The standard InChI is InChI=1S/C15H17Cl2N3O2S.BrH/c1-15(2,3)13-12(23-14(18)19-13)10(7-20(21)22)9-5-4-8(16)6-11(9)17;/h4-6,10H,7H2,1-3H3,(H2,18,19);1H. The van der Waals surface area contributed by atoms with Crippen molar-refractivity contribution in [3.8, 4) is 0 Å². The van der Waals surface area contributed by atoms with Crippen LogP contribution in [-0.2, 0) is 5.41 Å². The van der Waals surface area contributed by atoms with Crippen molar-refractivity contribution in [3.63, 3.8) is 0 Å². The maximum atomic E-state index is 11.2. The second kappa shape index (κ2) is 7.99. The number of halogens is 3. The lowest BCUT2D eigenvalue weighted by Crippen LogP contribution is -2.20. The number of nitrogens with two attached hydrogens (primary N) is 1. The van der Waals surface area contributed by atoms with Gasteiger partial charge in [-0.05, 0) is 17.7 Å². The molecule has 2 N–H and O–H groups in total. The summed E-state index contributed by atoms with van der Waals surface area (Å²) in [6, 6.07) is 4.99. The van der Waals surface area contributed by atoms with Crippen molar-refractivity contribution >= 4 is 56.7 Å². The Balaban J connectivity index is 0.00000288. The molecular weight excluding hydrogens is 437 g/mol. The van der Waals surface area contributed by atoms with Gasteiger partial charge in [0, 0.05) is 25.3 Å². The van der Waals surface area contributed by atoms with Gasteiger partial charge in [0.25, 0.3) is 0 Å². The number of hydrogen-bond acceptors (Lipinski definition) is 5. The molecular formula is C15H18BrCl2N3O2S. The third kappa shape index (κ3) is 4.81. The van der Waals surface area contributed by atoms with E-state index in [1.807, 2.05) is 20.8 Å². The third-order valence-electron chi connectivity index (χ3n) is 3.37. The Morgan fingerprint density at radius 3 is 2.50 bits per heavy atom. The minimum Gasteiger partial charge on any atom is -0.375 e. The molecule has 9 heteroatoms. The summed E-state index contributed by atoms with van der Waals surface area (Å²) < 4.78 is 0. The predicted molar refractivity (Wildman–Crippen MR) is 106 cm³/mol. The van der Waals surface area contributed by atoms with E-state index >= 15 is 0 Å². The van der Waals surface area contributed by atoms with E-state index in [1.165, 1.54) is 11.3 Å². The van der Waals surface area contributed by atoms with Gasteiger partial charge in [-0.1, -0.05) is 50.0 Å². The zero-order valence-corrected chi connectivity index (χ0v) is 17.4. The van der Waals surface area contributed by atoms with Crippen LogP contribution in [0.15, 0.2) is 18.2 Å². The third-order valence-corrected chi connectivity index (χ3v) is 4.93. The van der Waals surface area contributed by atoms with Gasteiger partial charge in [0.05, 0.1) is 11.6 Å². The Kier molecular flexibility index (Phi) is 7.04. The number of nitro groups is 1. The van der Waals surface area contributed by atoms with Gasteiger partial charge >= 0.3 is 0 Å². The number of nitrogens with zero attached hydrogens (tertiary/aromatic N) is 2. The van der Waals surface area contributed by atoms with Crippen LogP contribution in [-0.4, -0.2) is 16.5 Å². The highest BCUT2D eigenvalue weighted by Crippen LogP contribution is 2.41. The SMILES string of the molecule is Br.CC(C)(C)c1nc(N)sc1C(C[N+](=O)[O-])c1ccc(Cl)cc1Cl. The summed E-state index contributed by atoms with van der Waals surface area (Å²) in [6.45, 7) is 5.71. The maximum Gasteiger partial charge on any atom is 0.215 e. The lowest BCUT2D eigenvalue weighted by atomic mass is 9.86. The fourth-order valence-electron chi connectivity index (χ4n) is 2.38. The van der Waals surface area contributed by atoms with Gasteiger partial charge in [-0.2, -0.15) is 0 Å². The molecule has 0 amide bonds. The van der Waals surface area contributed by atoms with Gasteiger partial charge in [-0.25, -0.2) is 4.98 Å². The van der Waals surface area contributed by atoms with Crippen LogP contribution < -0.4 is 5.73 Å². The van der Waals surface area contributed by atoms with Crippen LogP contribution in [0, 0.1) is 10.1 Å². The molecule has 0 spiro atoms. The van der Waals surface area contributed by atoms with E-state index in [0.29, 0.717) is 20.7 Å². The van der Waals surface area contributed by atoms with Crippen LogP contribution in [0.4, 0.5) is 5.13 Å². The molecule has 132 valence electrons. The van der Waals surface area contributed by atoms with Crippen molar-refractivity contribution in [2.24, 2.45) is 0 Å². The summed E-state index contributed by atoms with van der Waals surface area (Å²) in [4.78, 5) is 16.0. The first-order valence-corrected chi connectivity index (χ1v) is 8.50. The lowest BCUT2D eigenvalue weighted by molar-refractivity contribution is -0.481. The molecule has 1 unspecified atom stereocenters. The Bertz CT molecular complexity index is 747. The monoisotopic (exact) mass is 453 g/mol. The number of benzene rings is 1. The molecule has 1 atom stereocenters. The smallest absolute Gasteiger partial charge is 0.215 e. The number of aromatic nitrogens is 1. The summed E-state index contributed by atoms with van der Waals surface area (Å²) in [5, 5.41) is 12.5. The van der Waals surface area contributed by atoms with Crippen LogP contribution >= 0.6 is 51.5 Å². The first kappa shape index (κ1) is 21.2. The van der Waals surface area contributed by atoms with Crippen molar-refractivity contribution in [2.45, 2.75) is 32.1 Å². The molecule has 0 bridgehead atoms.